The van der Waals surface area contributed by atoms with Crippen LogP contribution in [0.5, 0.6) is 11.5 Å². The second-order valence-corrected chi connectivity index (χ2v) is 23.6. The first-order valence-corrected chi connectivity index (χ1v) is 31.5. The maximum atomic E-state index is 14.8. The van der Waals surface area contributed by atoms with Gasteiger partial charge < -0.3 is 92.1 Å². The lowest BCUT2D eigenvalue weighted by molar-refractivity contribution is -0.143. The van der Waals surface area contributed by atoms with Gasteiger partial charge in [0.05, 0.1) is 23.5 Å². The second kappa shape index (κ2) is 38.4. The van der Waals surface area contributed by atoms with Gasteiger partial charge in [0.25, 0.3) is 0 Å². The van der Waals surface area contributed by atoms with Gasteiger partial charge in [0.2, 0.25) is 65.0 Å². The van der Waals surface area contributed by atoms with Crippen LogP contribution >= 0.6 is 22.6 Å². The van der Waals surface area contributed by atoms with Crippen LogP contribution in [0.2, 0.25) is 0 Å². The molecule has 0 unspecified atom stereocenters. The molecule has 11 amide bonds. The Hall–Kier alpha value is -10.8. The van der Waals surface area contributed by atoms with Crippen LogP contribution in [0.25, 0.3) is 10.4 Å². The lowest BCUT2D eigenvalue weighted by Gasteiger charge is -2.31. The number of aromatic hydroxyl groups is 1. The molecule has 33 nitrogen and oxygen atoms in total. The van der Waals surface area contributed by atoms with E-state index in [4.69, 9.17) is 50.4 Å². The number of azide groups is 1. The number of primary amides is 3. The standard InChI is InChI=1S/C62H81IN20O13/c1-96-39-20-15-35(16-21-39)30-45(74-52(87)32-36-13-18-38(19-14-36)81-82-71)56(91)79-46(29-34-8-3-2-4-9-34)57(92)75-42(22-24-50(64)85)55(90)80-47(33-51(65)86)58(93)77-43(11-6-26-73-62(69)70)60(95)83-27-7-12-48(83)59(94)76-41(10-5-25-72-61(67)68)54(89)78-44(53(66)88)31-37-17-23-49(84)40(63)28-37/h2-4,8-9,13-21,23,28,41-48,84H,5-7,10-12,22,24-27,29-33H2,1H3,(H2,64,85)(H2,65,86)(H2,66,88)(H,74,87)(H,75,92)(H,76,94)(H,77,93)(H,78,89)(H,79,91)(H,80,90)(H4,67,68,72)(H4,69,70,73)/t41-,42-,43-,44-,45+,46-,47-,48-/m0/s1/i63-2. The zero-order valence-electron chi connectivity index (χ0n) is 52.6. The molecule has 514 valence electrons. The van der Waals surface area contributed by atoms with Crippen LogP contribution in [0.15, 0.2) is 112 Å². The monoisotopic (exact) mass is 1440 g/mol. The molecule has 34 heteroatoms. The number of likely N-dealkylation sites (tertiary alicyclic amines) is 1. The SMILES string of the molecule is COc1ccc(C[C@@H](NC(=O)Cc2ccc(N=[N+]=[N-])cc2)C(=O)N[C@@H](Cc2ccccc2)C(=O)N[C@@H](CCC(N)=O)C(=O)N[C@@H](CC(N)=O)C(=O)N[C@@H](CCCN=C(N)N)C(=O)N2CCC[C@H]2C(=O)N[C@@H](CCCN=C(N)N)C(=O)N[C@@H](Cc2ccc(O)c([125I])c2)C(N)=O)cc1. The Balaban J connectivity index is 1.40. The summed E-state index contributed by atoms with van der Waals surface area (Å²) >= 11 is 1.89. The van der Waals surface area contributed by atoms with Crippen molar-refractivity contribution in [3.63, 3.8) is 0 Å². The number of carbonyl (C=O) groups excluding carboxylic acids is 11. The van der Waals surface area contributed by atoms with Crippen molar-refractivity contribution in [3.05, 3.63) is 133 Å². The van der Waals surface area contributed by atoms with Crippen LogP contribution in [-0.2, 0) is 78.4 Å². The van der Waals surface area contributed by atoms with Crippen molar-refractivity contribution < 1.29 is 62.6 Å². The van der Waals surface area contributed by atoms with Crippen molar-refractivity contribution in [3.8, 4) is 11.5 Å². The molecule has 4 aromatic carbocycles. The van der Waals surface area contributed by atoms with Gasteiger partial charge >= 0.3 is 0 Å². The molecule has 1 fully saturated rings. The number of amides is 11. The van der Waals surface area contributed by atoms with Gasteiger partial charge in [-0.05, 0) is 120 Å². The number of nitrogens with zero attached hydrogens (tertiary/aromatic N) is 6. The molecule has 0 aliphatic carbocycles. The lowest BCUT2D eigenvalue weighted by atomic mass is 10.0. The summed E-state index contributed by atoms with van der Waals surface area (Å²) in [7, 11) is 1.47. The van der Waals surface area contributed by atoms with E-state index in [1.54, 1.807) is 78.9 Å². The minimum Gasteiger partial charge on any atom is -0.507 e. The van der Waals surface area contributed by atoms with Crippen LogP contribution in [0.1, 0.15) is 80.0 Å². The number of ether oxygens (including phenoxy) is 1. The van der Waals surface area contributed by atoms with E-state index < -0.39 is 133 Å². The van der Waals surface area contributed by atoms with E-state index in [0.29, 0.717) is 37.3 Å². The average molecular weight is 1440 g/mol. The molecule has 1 aliphatic heterocycles. The highest BCUT2D eigenvalue weighted by Crippen LogP contribution is 2.23. The molecule has 1 heterocycles. The quantitative estimate of drug-likeness (QED) is 0.00454. The van der Waals surface area contributed by atoms with Gasteiger partial charge in [-0.15, -0.1) is 0 Å². The molecule has 1 saturated heterocycles. The summed E-state index contributed by atoms with van der Waals surface area (Å²) in [5, 5.41) is 31.8. The number of benzene rings is 4. The summed E-state index contributed by atoms with van der Waals surface area (Å²) in [6.07, 6.45) is -2.18. The van der Waals surface area contributed by atoms with E-state index in [9.17, 15) is 57.8 Å². The van der Waals surface area contributed by atoms with Gasteiger partial charge in [-0.25, -0.2) is 0 Å². The normalized spacial score (nSPS) is 14.5. The Morgan fingerprint density at radius 3 is 1.66 bits per heavy atom. The number of halogens is 1. The molecule has 22 N–H and O–H groups in total. The number of aliphatic imine (C=N–C) groups is 2. The minimum absolute atomic E-state index is 0.00647. The third kappa shape index (κ3) is 25.6. The molecule has 0 saturated carbocycles. The topological polar surface area (TPSA) is 560 Å². The second-order valence-electron chi connectivity index (χ2n) is 22.4. The highest BCUT2D eigenvalue weighted by atomic mass is 125. The number of guanidine groups is 2. The number of phenols is 1. The maximum absolute atomic E-state index is 14.8. The fourth-order valence-electron chi connectivity index (χ4n) is 10.2. The molecule has 1 aliphatic rings. The summed E-state index contributed by atoms with van der Waals surface area (Å²) in [5.74, 6) is -10.1. The molecule has 96 heavy (non-hydrogen) atoms. The van der Waals surface area contributed by atoms with Crippen LogP contribution in [0, 0.1) is 3.57 Å². The molecule has 5 rings (SSSR count). The van der Waals surface area contributed by atoms with Crippen molar-refractivity contribution in [2.45, 2.75) is 132 Å². The number of hydrogen-bond donors (Lipinski definition) is 15. The van der Waals surface area contributed by atoms with E-state index in [2.05, 4.69) is 57.2 Å². The first-order valence-electron chi connectivity index (χ1n) is 30.4. The maximum Gasteiger partial charge on any atom is 0.245 e. The van der Waals surface area contributed by atoms with Gasteiger partial charge in [-0.3, -0.25) is 62.7 Å². The van der Waals surface area contributed by atoms with Crippen LogP contribution in [0.4, 0.5) is 5.69 Å². The molecule has 0 spiro atoms. The Morgan fingerprint density at radius 2 is 1.09 bits per heavy atom. The number of nitrogens with two attached hydrogens (primary N) is 7. The summed E-state index contributed by atoms with van der Waals surface area (Å²) in [5.41, 5.74) is 50.4. The van der Waals surface area contributed by atoms with Crippen molar-refractivity contribution in [1.29, 1.82) is 0 Å². The lowest BCUT2D eigenvalue weighted by Crippen LogP contribution is -2.61. The average Bonchev–Trinajstić information content (AvgIpc) is 1.63. The van der Waals surface area contributed by atoms with E-state index >= 15 is 0 Å². The van der Waals surface area contributed by atoms with Crippen LogP contribution in [-0.4, -0.2) is 162 Å². The Kier molecular flexibility index (Phi) is 30.4. The first kappa shape index (κ1) is 75.9. The van der Waals surface area contributed by atoms with Crippen LogP contribution < -0.4 is 82.1 Å². The van der Waals surface area contributed by atoms with Gasteiger partial charge in [0, 0.05) is 55.9 Å². The molecular formula is C62H81IN20O13. The number of phenolic OH excluding ortho intramolecular Hbond substituents is 1. The highest BCUT2D eigenvalue weighted by Gasteiger charge is 2.41. The van der Waals surface area contributed by atoms with Crippen molar-refractivity contribution in [1.82, 2.24) is 42.1 Å². The number of carbonyl (C=O) groups is 11. The highest BCUT2D eigenvalue weighted by molar-refractivity contribution is 14.1. The van der Waals surface area contributed by atoms with Gasteiger partial charge in [-0.1, -0.05) is 77.9 Å². The van der Waals surface area contributed by atoms with E-state index in [1.165, 1.54) is 30.2 Å². The molecule has 4 aromatic rings. The summed E-state index contributed by atoms with van der Waals surface area (Å²) in [4.78, 5) is 165. The van der Waals surface area contributed by atoms with Gasteiger partial charge in [-0.2, -0.15) is 0 Å². The predicted octanol–water partition coefficient (Wildman–Crippen LogP) is -1.66. The first-order chi connectivity index (χ1) is 45.7. The number of methoxy groups -OCH3 is 1. The summed E-state index contributed by atoms with van der Waals surface area (Å²) in [6, 6.07) is 14.0. The Morgan fingerprint density at radius 1 is 0.594 bits per heavy atom. The molecule has 0 aromatic heterocycles. The fourth-order valence-corrected chi connectivity index (χ4v) is 10.8. The minimum atomic E-state index is -1.88. The van der Waals surface area contributed by atoms with Crippen molar-refractivity contribution >= 4 is 105 Å². The van der Waals surface area contributed by atoms with Crippen molar-refractivity contribution in [2.24, 2.45) is 55.2 Å². The van der Waals surface area contributed by atoms with Crippen molar-refractivity contribution in [2.75, 3.05) is 26.7 Å². The van der Waals surface area contributed by atoms with E-state index in [-0.39, 0.29) is 102 Å². The van der Waals surface area contributed by atoms with Gasteiger partial charge in [0.1, 0.15) is 59.8 Å². The molecule has 0 bridgehead atoms. The Bertz CT molecular complexity index is 3510. The summed E-state index contributed by atoms with van der Waals surface area (Å²) < 4.78 is 5.76. The summed E-state index contributed by atoms with van der Waals surface area (Å²) in [6.45, 7) is -0.0432. The molecule has 0 radical (unpaired) electrons. The van der Waals surface area contributed by atoms with Gasteiger partial charge in [0.15, 0.2) is 11.9 Å². The molecule has 8 atom stereocenters. The van der Waals surface area contributed by atoms with E-state index in [0.717, 1.165) is 0 Å². The number of rotatable bonds is 38. The number of nitrogens with one attached hydrogen (secondary N) is 7. The van der Waals surface area contributed by atoms with Crippen LogP contribution in [0.3, 0.4) is 0 Å². The smallest absolute Gasteiger partial charge is 0.245 e. The third-order valence-electron chi connectivity index (χ3n) is 15.1. The largest absolute Gasteiger partial charge is 0.507 e. The molecular weight excluding hydrogens is 1360 g/mol. The zero-order valence-corrected chi connectivity index (χ0v) is 54.8. The zero-order chi connectivity index (χ0) is 70.4. The third-order valence-corrected chi connectivity index (χ3v) is 15.9. The number of hydrogen-bond acceptors (Lipinski definition) is 16. The van der Waals surface area contributed by atoms with E-state index in [1.807, 2.05) is 22.6 Å². The predicted molar refractivity (Wildman–Crippen MR) is 360 cm³/mol. The fraction of sp³-hybridized carbons (Fsp3) is 0.403. The Labute approximate surface area is 565 Å².